The molecule has 88 valence electrons. The van der Waals surface area contributed by atoms with Gasteiger partial charge < -0.3 is 4.74 Å². The molecule has 1 rings (SSSR count). The molecular weight excluding hydrogens is 202 g/mol. The van der Waals surface area contributed by atoms with Gasteiger partial charge in [-0.3, -0.25) is 4.90 Å². The van der Waals surface area contributed by atoms with E-state index in [1.165, 1.54) is 0 Å². The Morgan fingerprint density at radius 3 is 2.25 bits per heavy atom. The molecule has 3 nitrogen and oxygen atoms in total. The normalized spacial score (nSPS) is 11.0. The minimum absolute atomic E-state index is 0.298. The Hall–Kier alpha value is -1.51. The lowest BCUT2D eigenvalue weighted by atomic mass is 10.1. The second-order valence-corrected chi connectivity index (χ2v) is 4.54. The van der Waals surface area contributed by atoms with E-state index in [-0.39, 0.29) is 11.6 Å². The van der Waals surface area contributed by atoms with Crippen molar-refractivity contribution in [3.8, 4) is 0 Å². The summed E-state index contributed by atoms with van der Waals surface area (Å²) < 4.78 is 5.07. The number of rotatable bonds is 2. The maximum Gasteiger partial charge on any atom is 0.414 e. The molecule has 0 aliphatic carbocycles. The lowest BCUT2D eigenvalue weighted by Gasteiger charge is -2.34. The van der Waals surface area contributed by atoms with Crippen LogP contribution in [0.1, 0.15) is 27.7 Å². The average Bonchev–Trinajstić information content (AvgIpc) is 2.17. The van der Waals surface area contributed by atoms with E-state index in [1.807, 2.05) is 58.0 Å². The smallest absolute Gasteiger partial charge is 0.414 e. The molecule has 0 atom stereocenters. The van der Waals surface area contributed by atoms with Crippen LogP contribution in [0.3, 0.4) is 0 Å². The molecule has 0 unspecified atom stereocenters. The van der Waals surface area contributed by atoms with Crippen molar-refractivity contribution >= 4 is 11.8 Å². The third-order valence-corrected chi connectivity index (χ3v) is 2.14. The van der Waals surface area contributed by atoms with Crippen LogP contribution in [0.5, 0.6) is 0 Å². The van der Waals surface area contributed by atoms with Crippen molar-refractivity contribution in [2.75, 3.05) is 11.5 Å². The van der Waals surface area contributed by atoms with Crippen molar-refractivity contribution in [2.45, 2.75) is 33.2 Å². The van der Waals surface area contributed by atoms with Crippen LogP contribution in [-0.2, 0) is 4.74 Å². The molecule has 0 radical (unpaired) electrons. The zero-order valence-corrected chi connectivity index (χ0v) is 10.4. The summed E-state index contributed by atoms with van der Waals surface area (Å²) in [7, 11) is 0. The molecule has 0 saturated heterocycles. The van der Waals surface area contributed by atoms with Crippen molar-refractivity contribution < 1.29 is 9.53 Å². The van der Waals surface area contributed by atoms with Gasteiger partial charge in [-0.1, -0.05) is 18.2 Å². The molecule has 0 aliphatic heterocycles. The summed E-state index contributed by atoms with van der Waals surface area (Å²) in [6.07, 6.45) is -0.304. The molecule has 1 aromatic rings. The SMILES string of the molecule is CCOC(=O)N(c1ccccc1)C(C)(C)C. The largest absolute Gasteiger partial charge is 0.449 e. The Balaban J connectivity index is 3.02. The molecule has 0 saturated carbocycles. The van der Waals surface area contributed by atoms with Gasteiger partial charge in [-0.2, -0.15) is 0 Å². The van der Waals surface area contributed by atoms with Crippen LogP contribution < -0.4 is 4.90 Å². The first-order valence-corrected chi connectivity index (χ1v) is 5.49. The first-order chi connectivity index (χ1) is 7.46. The number of amides is 1. The predicted octanol–water partition coefficient (Wildman–Crippen LogP) is 3.45. The molecule has 0 fully saturated rings. The van der Waals surface area contributed by atoms with Gasteiger partial charge in [0.1, 0.15) is 0 Å². The molecule has 0 heterocycles. The van der Waals surface area contributed by atoms with Gasteiger partial charge in [0, 0.05) is 11.2 Å². The van der Waals surface area contributed by atoms with Crippen molar-refractivity contribution in [1.29, 1.82) is 0 Å². The predicted molar refractivity (Wildman–Crippen MR) is 65.7 cm³/mol. The Morgan fingerprint density at radius 1 is 1.25 bits per heavy atom. The first kappa shape index (κ1) is 12.6. The van der Waals surface area contributed by atoms with Crippen molar-refractivity contribution in [3.63, 3.8) is 0 Å². The Bertz CT molecular complexity index is 341. The van der Waals surface area contributed by atoms with Gasteiger partial charge in [0.2, 0.25) is 0 Å². The lowest BCUT2D eigenvalue weighted by molar-refractivity contribution is 0.154. The second kappa shape index (κ2) is 5.01. The van der Waals surface area contributed by atoms with Crippen LogP contribution in [0, 0.1) is 0 Å². The maximum absolute atomic E-state index is 11.9. The molecule has 0 aliphatic rings. The summed E-state index contributed by atoms with van der Waals surface area (Å²) in [5.41, 5.74) is 0.557. The standard InChI is InChI=1S/C13H19NO2/c1-5-16-12(15)14(13(2,3)4)11-9-7-6-8-10-11/h6-10H,5H2,1-4H3. The van der Waals surface area contributed by atoms with Crippen molar-refractivity contribution in [3.05, 3.63) is 30.3 Å². The number of hydrogen-bond donors (Lipinski definition) is 0. The van der Waals surface area contributed by atoms with Gasteiger partial charge in [-0.05, 0) is 39.8 Å². The van der Waals surface area contributed by atoms with Gasteiger partial charge >= 0.3 is 6.09 Å². The fourth-order valence-corrected chi connectivity index (χ4v) is 1.53. The van der Waals surface area contributed by atoms with E-state index in [4.69, 9.17) is 4.74 Å². The zero-order valence-electron chi connectivity index (χ0n) is 10.4. The molecular formula is C13H19NO2. The minimum atomic E-state index is -0.304. The fourth-order valence-electron chi connectivity index (χ4n) is 1.53. The first-order valence-electron chi connectivity index (χ1n) is 5.49. The summed E-state index contributed by atoms with van der Waals surface area (Å²) in [5, 5.41) is 0. The molecule has 16 heavy (non-hydrogen) atoms. The van der Waals surface area contributed by atoms with Crippen LogP contribution in [0.15, 0.2) is 30.3 Å². The summed E-state index contributed by atoms with van der Waals surface area (Å²) in [4.78, 5) is 13.6. The highest BCUT2D eigenvalue weighted by Gasteiger charge is 2.28. The lowest BCUT2D eigenvalue weighted by Crippen LogP contribution is -2.46. The van der Waals surface area contributed by atoms with E-state index < -0.39 is 0 Å². The monoisotopic (exact) mass is 221 g/mol. The van der Waals surface area contributed by atoms with Gasteiger partial charge in [-0.25, -0.2) is 4.79 Å². The number of carbonyl (C=O) groups excluding carboxylic acids is 1. The van der Waals surface area contributed by atoms with Crippen molar-refractivity contribution in [1.82, 2.24) is 0 Å². The summed E-state index contributed by atoms with van der Waals surface area (Å²) in [6, 6.07) is 9.56. The zero-order chi connectivity index (χ0) is 12.2. The Kier molecular flexibility index (Phi) is 3.93. The maximum atomic E-state index is 11.9. The quantitative estimate of drug-likeness (QED) is 0.765. The van der Waals surface area contributed by atoms with Gasteiger partial charge in [0.05, 0.1) is 6.61 Å². The number of benzene rings is 1. The van der Waals surface area contributed by atoms with Gasteiger partial charge in [0.15, 0.2) is 0 Å². The Labute approximate surface area is 97.0 Å². The van der Waals surface area contributed by atoms with E-state index >= 15 is 0 Å². The van der Waals surface area contributed by atoms with E-state index in [2.05, 4.69) is 0 Å². The second-order valence-electron chi connectivity index (χ2n) is 4.54. The number of ether oxygens (including phenoxy) is 1. The highest BCUT2D eigenvalue weighted by Crippen LogP contribution is 2.24. The average molecular weight is 221 g/mol. The number of carbonyl (C=O) groups is 1. The molecule has 1 amide bonds. The van der Waals surface area contributed by atoms with Gasteiger partial charge in [-0.15, -0.1) is 0 Å². The number of hydrogen-bond acceptors (Lipinski definition) is 2. The Morgan fingerprint density at radius 2 is 1.81 bits per heavy atom. The highest BCUT2D eigenvalue weighted by molar-refractivity contribution is 5.89. The highest BCUT2D eigenvalue weighted by atomic mass is 16.6. The number of nitrogens with zero attached hydrogens (tertiary/aromatic N) is 1. The number of anilines is 1. The molecule has 1 aromatic carbocycles. The van der Waals surface area contributed by atoms with Crippen LogP contribution >= 0.6 is 0 Å². The summed E-state index contributed by atoms with van der Waals surface area (Å²) in [5.74, 6) is 0. The van der Waals surface area contributed by atoms with Crippen molar-refractivity contribution in [2.24, 2.45) is 0 Å². The van der Waals surface area contributed by atoms with Crippen LogP contribution in [-0.4, -0.2) is 18.2 Å². The molecule has 0 spiro atoms. The topological polar surface area (TPSA) is 29.5 Å². The molecule has 0 aromatic heterocycles. The van der Waals surface area contributed by atoms with Crippen LogP contribution in [0.25, 0.3) is 0 Å². The fraction of sp³-hybridized carbons (Fsp3) is 0.462. The van der Waals surface area contributed by atoms with E-state index in [1.54, 1.807) is 4.90 Å². The van der Waals surface area contributed by atoms with Gasteiger partial charge in [0.25, 0.3) is 0 Å². The number of para-hydroxylation sites is 1. The van der Waals surface area contributed by atoms with Crippen LogP contribution in [0.2, 0.25) is 0 Å². The van der Waals surface area contributed by atoms with E-state index in [0.717, 1.165) is 5.69 Å². The molecule has 0 N–H and O–H groups in total. The molecule has 0 bridgehead atoms. The molecule has 3 heteroatoms. The summed E-state index contributed by atoms with van der Waals surface area (Å²) >= 11 is 0. The summed E-state index contributed by atoms with van der Waals surface area (Å²) in [6.45, 7) is 8.15. The van der Waals surface area contributed by atoms with E-state index in [9.17, 15) is 4.79 Å². The third kappa shape index (κ3) is 2.99. The minimum Gasteiger partial charge on any atom is -0.449 e. The third-order valence-electron chi connectivity index (χ3n) is 2.14. The van der Waals surface area contributed by atoms with E-state index in [0.29, 0.717) is 6.61 Å². The van der Waals surface area contributed by atoms with Crippen LogP contribution in [0.4, 0.5) is 10.5 Å².